The molecule has 0 aromatic rings. The van der Waals surface area contributed by atoms with Gasteiger partial charge in [0.1, 0.15) is 30.2 Å². The molecule has 0 radical (unpaired) electrons. The normalized spacial score (nSPS) is 14.1. The van der Waals surface area contributed by atoms with E-state index in [1.807, 2.05) is 5.32 Å². The molecule has 272 valence electrons. The van der Waals surface area contributed by atoms with Crippen LogP contribution in [0.2, 0.25) is 0 Å². The average molecular weight is 708 g/mol. The van der Waals surface area contributed by atoms with Gasteiger partial charge in [0.2, 0.25) is 35.4 Å². The van der Waals surface area contributed by atoms with Gasteiger partial charge in [-0.1, -0.05) is 0 Å². The van der Waals surface area contributed by atoms with E-state index in [9.17, 15) is 67.7 Å². The molecule has 0 fully saturated rings. The van der Waals surface area contributed by atoms with Gasteiger partial charge < -0.3 is 68.7 Å². The monoisotopic (exact) mass is 707 g/mol. The Hall–Kier alpha value is -6.40. The molecule has 6 amide bonds. The van der Waals surface area contributed by atoms with Gasteiger partial charge >= 0.3 is 35.8 Å². The molecule has 0 aromatic heterocycles. The van der Waals surface area contributed by atoms with Crippen molar-refractivity contribution in [1.29, 1.82) is 0 Å². The fourth-order valence-electron chi connectivity index (χ4n) is 3.59. The maximum absolute atomic E-state index is 13.0. The van der Waals surface area contributed by atoms with Gasteiger partial charge in [-0.05, 0) is 0 Å². The molecule has 15 N–H and O–H groups in total. The summed E-state index contributed by atoms with van der Waals surface area (Å²) in [4.78, 5) is 142. The summed E-state index contributed by atoms with van der Waals surface area (Å²) in [6, 6.07) is -12.5. The number of nitrogens with one attached hydrogen (secondary N) is 5. The van der Waals surface area contributed by atoms with E-state index in [-0.39, 0.29) is 0 Å². The summed E-state index contributed by atoms with van der Waals surface area (Å²) in [5.74, 6) is -19.1. The van der Waals surface area contributed by atoms with Gasteiger partial charge in [-0.3, -0.25) is 52.7 Å². The van der Waals surface area contributed by atoms with Crippen LogP contribution >= 0.6 is 0 Å². The van der Waals surface area contributed by atoms with Gasteiger partial charge in [0, 0.05) is 0 Å². The summed E-state index contributed by atoms with van der Waals surface area (Å²) in [6.07, 6.45) is -6.98. The number of carboxylic acids is 6. The van der Waals surface area contributed by atoms with Crippen LogP contribution in [0.3, 0.4) is 0 Å². The van der Waals surface area contributed by atoms with E-state index in [0.29, 0.717) is 0 Å². The quantitative estimate of drug-likeness (QED) is 0.0469. The van der Waals surface area contributed by atoms with E-state index in [2.05, 4.69) is 0 Å². The number of amides is 6. The Morgan fingerprint density at radius 1 is 0.388 bits per heavy atom. The highest BCUT2D eigenvalue weighted by Crippen LogP contribution is 2.05. The highest BCUT2D eigenvalue weighted by Gasteiger charge is 2.35. The third-order valence-electron chi connectivity index (χ3n) is 5.80. The van der Waals surface area contributed by atoms with Gasteiger partial charge in [-0.25, -0.2) is 4.79 Å². The first kappa shape index (κ1) is 42.6. The predicted molar refractivity (Wildman–Crippen MR) is 150 cm³/mol. The molecule has 0 saturated carbocycles. The summed E-state index contributed by atoms with van der Waals surface area (Å²) in [5, 5.41) is 63.6. The Kier molecular flexibility index (Phi) is 17.4. The Balaban J connectivity index is 6.20. The molecule has 0 rings (SSSR count). The second-order valence-corrected chi connectivity index (χ2v) is 9.91. The van der Waals surface area contributed by atoms with Gasteiger partial charge in [0.15, 0.2) is 0 Å². The highest BCUT2D eigenvalue weighted by molar-refractivity contribution is 6.00. The lowest BCUT2D eigenvalue weighted by molar-refractivity contribution is -0.146. The lowest BCUT2D eigenvalue weighted by Gasteiger charge is -2.25. The third-order valence-corrected chi connectivity index (χ3v) is 5.80. The Morgan fingerprint density at radius 2 is 0.633 bits per heavy atom. The van der Waals surface area contributed by atoms with Crippen molar-refractivity contribution in [3.63, 3.8) is 0 Å². The van der Waals surface area contributed by atoms with Crippen molar-refractivity contribution >= 4 is 71.3 Å². The van der Waals surface area contributed by atoms with E-state index in [0.717, 1.165) is 0 Å². The molecule has 0 aliphatic rings. The molecule has 0 aliphatic carbocycles. The van der Waals surface area contributed by atoms with Gasteiger partial charge in [0.05, 0.1) is 44.6 Å². The number of carbonyl (C=O) groups is 12. The standard InChI is InChI=1S/C24H33N7O18/c25-7(1-14(33)34)19(43)27-8(3-15(35)36)20(44)28-9(4-16(37)38)21(45)29-10(5-17(39)40)22(46)30-11(6-18(41)42)23(47)31-12(24(48)49)2-13(26)32/h7-12H,1-6,25H2,(H2,26,32)(H,27,43)(H,28,44)(H,29,45)(H,30,46)(H,31,47)(H,33,34)(H,35,36)(H,37,38)(H,39,40)(H,41,42)(H,48,49)/t7-,8-,9-,10-,11-,12-/m0/s1. The lowest BCUT2D eigenvalue weighted by Crippen LogP contribution is -2.60. The van der Waals surface area contributed by atoms with E-state index in [1.165, 1.54) is 0 Å². The molecule has 25 nitrogen and oxygen atoms in total. The van der Waals surface area contributed by atoms with Gasteiger partial charge in [-0.15, -0.1) is 0 Å². The molecule has 0 saturated heterocycles. The van der Waals surface area contributed by atoms with Crippen LogP contribution in [0.1, 0.15) is 38.5 Å². The van der Waals surface area contributed by atoms with Crippen LogP contribution in [0.25, 0.3) is 0 Å². The zero-order valence-corrected chi connectivity index (χ0v) is 24.9. The number of carboxylic acid groups (broad SMARTS) is 6. The van der Waals surface area contributed by atoms with Crippen LogP contribution < -0.4 is 38.1 Å². The van der Waals surface area contributed by atoms with E-state index in [1.54, 1.807) is 21.3 Å². The number of rotatable bonds is 23. The molecule has 0 bridgehead atoms. The Bertz CT molecular complexity index is 1370. The number of carbonyl (C=O) groups excluding carboxylic acids is 6. The minimum absolute atomic E-state index is 0.952. The number of nitrogens with two attached hydrogens (primary N) is 2. The maximum Gasteiger partial charge on any atom is 0.326 e. The smallest absolute Gasteiger partial charge is 0.326 e. The maximum atomic E-state index is 13.0. The van der Waals surface area contributed by atoms with E-state index in [4.69, 9.17) is 31.9 Å². The van der Waals surface area contributed by atoms with Crippen molar-refractivity contribution in [2.45, 2.75) is 74.8 Å². The van der Waals surface area contributed by atoms with E-state index >= 15 is 0 Å². The SMILES string of the molecule is NC(=O)C[C@H](NC(=O)[C@H](CC(=O)O)NC(=O)[C@H](CC(=O)O)NC(=O)[C@H](CC(=O)O)NC(=O)[C@H](CC(=O)O)NC(=O)[C@@H](N)CC(=O)O)C(=O)O. The minimum Gasteiger partial charge on any atom is -0.481 e. The lowest BCUT2D eigenvalue weighted by atomic mass is 10.1. The van der Waals surface area contributed by atoms with Crippen LogP contribution in [0.5, 0.6) is 0 Å². The minimum atomic E-state index is -2.24. The number of primary amides is 1. The van der Waals surface area contributed by atoms with Crippen molar-refractivity contribution in [1.82, 2.24) is 26.6 Å². The topological polar surface area (TPSA) is 438 Å². The van der Waals surface area contributed by atoms with Gasteiger partial charge in [0.25, 0.3) is 0 Å². The zero-order valence-electron chi connectivity index (χ0n) is 24.9. The first-order valence-electron chi connectivity index (χ1n) is 13.4. The zero-order chi connectivity index (χ0) is 38.2. The molecule has 0 spiro atoms. The molecular weight excluding hydrogens is 674 g/mol. The van der Waals surface area contributed by atoms with Crippen LogP contribution in [0, 0.1) is 0 Å². The van der Waals surface area contributed by atoms with Crippen LogP contribution in [-0.2, 0) is 57.5 Å². The molecule has 0 heterocycles. The second kappa shape index (κ2) is 20.0. The molecule has 0 aliphatic heterocycles. The third kappa shape index (κ3) is 17.2. The molecule has 6 atom stereocenters. The summed E-state index contributed by atoms with van der Waals surface area (Å²) < 4.78 is 0. The number of hydrogen-bond acceptors (Lipinski definition) is 13. The fourth-order valence-corrected chi connectivity index (χ4v) is 3.59. The van der Waals surface area contributed by atoms with Crippen molar-refractivity contribution < 1.29 is 88.2 Å². The van der Waals surface area contributed by atoms with E-state index < -0.39 is 146 Å². The van der Waals surface area contributed by atoms with Gasteiger partial charge in [-0.2, -0.15) is 0 Å². The summed E-state index contributed by atoms with van der Waals surface area (Å²) >= 11 is 0. The molecule has 0 aromatic carbocycles. The van der Waals surface area contributed by atoms with Crippen molar-refractivity contribution in [2.24, 2.45) is 11.5 Å². The Labute approximate surface area is 272 Å². The number of aliphatic carboxylic acids is 6. The molecule has 49 heavy (non-hydrogen) atoms. The first-order chi connectivity index (χ1) is 22.5. The highest BCUT2D eigenvalue weighted by atomic mass is 16.4. The average Bonchev–Trinajstić information content (AvgIpc) is 2.93. The molecule has 25 heteroatoms. The van der Waals surface area contributed by atoms with Crippen molar-refractivity contribution in [2.75, 3.05) is 0 Å². The van der Waals surface area contributed by atoms with Crippen LogP contribution in [0.4, 0.5) is 0 Å². The van der Waals surface area contributed by atoms with Crippen molar-refractivity contribution in [3.8, 4) is 0 Å². The fraction of sp³-hybridized carbons (Fsp3) is 0.500. The predicted octanol–water partition coefficient (Wildman–Crippen LogP) is -6.93. The molecular formula is C24H33N7O18. The largest absolute Gasteiger partial charge is 0.481 e. The summed E-state index contributed by atoms with van der Waals surface area (Å²) in [7, 11) is 0. The molecule has 0 unspecified atom stereocenters. The Morgan fingerprint density at radius 3 is 0.857 bits per heavy atom. The van der Waals surface area contributed by atoms with Crippen LogP contribution in [-0.4, -0.2) is 138 Å². The van der Waals surface area contributed by atoms with Crippen LogP contribution in [0.15, 0.2) is 0 Å². The second-order valence-electron chi connectivity index (χ2n) is 9.91. The summed E-state index contributed by atoms with van der Waals surface area (Å²) in [5.41, 5.74) is 10.3. The number of hydrogen-bond donors (Lipinski definition) is 13. The van der Waals surface area contributed by atoms with Crippen molar-refractivity contribution in [3.05, 3.63) is 0 Å². The first-order valence-corrected chi connectivity index (χ1v) is 13.4. The summed E-state index contributed by atoms with van der Waals surface area (Å²) in [6.45, 7) is 0.